The molecule has 0 radical (unpaired) electrons. The monoisotopic (exact) mass is 460 g/mol. The second kappa shape index (κ2) is 9.23. The minimum absolute atomic E-state index is 0.0743. The molecular weight excluding hydrogens is 440 g/mol. The van der Waals surface area contributed by atoms with Gasteiger partial charge in [-0.2, -0.15) is 0 Å². The summed E-state index contributed by atoms with van der Waals surface area (Å²) in [5.41, 5.74) is -0.434. The van der Waals surface area contributed by atoms with Crippen LogP contribution in [0.25, 0.3) is 0 Å². The fraction of sp³-hybridized carbons (Fsp3) is 0.286. The van der Waals surface area contributed by atoms with E-state index in [0.29, 0.717) is 18.6 Å². The number of nitro groups is 1. The van der Waals surface area contributed by atoms with Gasteiger partial charge in [0.25, 0.3) is 11.6 Å². The molecule has 32 heavy (non-hydrogen) atoms. The van der Waals surface area contributed by atoms with Crippen molar-refractivity contribution in [3.63, 3.8) is 0 Å². The SMILES string of the molecule is COc1ccc(CCC2(C)NC(=O)N(CC(=O)Nc3ccc(Cl)c([N+](=O)[O-])c3)C2=O)cc1. The van der Waals surface area contributed by atoms with Crippen molar-refractivity contribution in [2.24, 2.45) is 0 Å². The van der Waals surface area contributed by atoms with E-state index in [1.165, 1.54) is 12.1 Å². The number of nitrogens with zero attached hydrogens (tertiary/aromatic N) is 2. The Bertz CT molecular complexity index is 1070. The van der Waals surface area contributed by atoms with Crippen molar-refractivity contribution in [1.29, 1.82) is 0 Å². The van der Waals surface area contributed by atoms with Crippen LogP contribution >= 0.6 is 11.6 Å². The van der Waals surface area contributed by atoms with Gasteiger partial charge in [-0.3, -0.25) is 24.6 Å². The lowest BCUT2D eigenvalue weighted by atomic mass is 9.93. The van der Waals surface area contributed by atoms with Crippen LogP contribution in [-0.4, -0.2) is 46.9 Å². The molecule has 2 aromatic carbocycles. The molecule has 1 atom stereocenters. The predicted molar refractivity (Wildman–Crippen MR) is 117 cm³/mol. The number of benzene rings is 2. The summed E-state index contributed by atoms with van der Waals surface area (Å²) in [7, 11) is 1.57. The minimum Gasteiger partial charge on any atom is -0.497 e. The van der Waals surface area contributed by atoms with Crippen LogP contribution in [0.3, 0.4) is 0 Å². The fourth-order valence-electron chi connectivity index (χ4n) is 3.32. The average molecular weight is 461 g/mol. The minimum atomic E-state index is -1.16. The van der Waals surface area contributed by atoms with E-state index in [9.17, 15) is 24.5 Å². The van der Waals surface area contributed by atoms with Crippen molar-refractivity contribution in [1.82, 2.24) is 10.2 Å². The van der Waals surface area contributed by atoms with Gasteiger partial charge in [0.1, 0.15) is 22.9 Å². The van der Waals surface area contributed by atoms with E-state index in [1.54, 1.807) is 14.0 Å². The molecule has 1 saturated heterocycles. The zero-order valence-corrected chi connectivity index (χ0v) is 18.1. The number of carbonyl (C=O) groups excluding carboxylic acids is 3. The summed E-state index contributed by atoms with van der Waals surface area (Å²) in [6.45, 7) is 1.08. The molecule has 2 N–H and O–H groups in total. The average Bonchev–Trinajstić information content (AvgIpc) is 2.97. The summed E-state index contributed by atoms with van der Waals surface area (Å²) in [6.07, 6.45) is 0.867. The molecule has 0 saturated carbocycles. The van der Waals surface area contributed by atoms with Crippen molar-refractivity contribution < 1.29 is 24.0 Å². The topological polar surface area (TPSA) is 131 Å². The van der Waals surface area contributed by atoms with Crippen LogP contribution in [0.2, 0.25) is 5.02 Å². The Labute approximate surface area is 188 Å². The number of nitro benzene ring substituents is 1. The van der Waals surface area contributed by atoms with Crippen LogP contribution < -0.4 is 15.4 Å². The molecule has 0 aromatic heterocycles. The highest BCUT2D eigenvalue weighted by atomic mass is 35.5. The number of rotatable bonds is 8. The Morgan fingerprint density at radius 2 is 1.94 bits per heavy atom. The Morgan fingerprint density at radius 3 is 2.56 bits per heavy atom. The molecule has 11 heteroatoms. The fourth-order valence-corrected chi connectivity index (χ4v) is 3.51. The third kappa shape index (κ3) is 4.97. The lowest BCUT2D eigenvalue weighted by Gasteiger charge is -2.21. The number of urea groups is 1. The maximum absolute atomic E-state index is 12.9. The smallest absolute Gasteiger partial charge is 0.325 e. The number of imide groups is 1. The van der Waals surface area contributed by atoms with Gasteiger partial charge >= 0.3 is 6.03 Å². The second-order valence-electron chi connectivity index (χ2n) is 7.47. The van der Waals surface area contributed by atoms with Crippen molar-refractivity contribution >= 4 is 40.8 Å². The number of methoxy groups -OCH3 is 1. The van der Waals surface area contributed by atoms with Gasteiger partial charge in [0.2, 0.25) is 5.91 Å². The maximum atomic E-state index is 12.9. The summed E-state index contributed by atoms with van der Waals surface area (Å²) in [5.74, 6) is -0.480. The van der Waals surface area contributed by atoms with Gasteiger partial charge in [-0.1, -0.05) is 23.7 Å². The van der Waals surface area contributed by atoms with Gasteiger partial charge in [-0.25, -0.2) is 4.79 Å². The summed E-state index contributed by atoms with van der Waals surface area (Å²) in [4.78, 5) is 48.7. The van der Waals surface area contributed by atoms with Crippen molar-refractivity contribution in [2.45, 2.75) is 25.3 Å². The summed E-state index contributed by atoms with van der Waals surface area (Å²) in [5, 5.41) is 16.0. The quantitative estimate of drug-likeness (QED) is 0.353. The molecule has 0 bridgehead atoms. The van der Waals surface area contributed by atoms with Crippen LogP contribution in [0, 0.1) is 10.1 Å². The standard InChI is InChI=1S/C21H21ClN4O6/c1-21(10-9-13-3-6-15(32-2)7-4-13)19(28)25(20(29)24-21)12-18(27)23-14-5-8-16(22)17(11-14)26(30)31/h3-8,11H,9-10,12H2,1-2H3,(H,23,27)(H,24,29). The number of nitrogens with one attached hydrogen (secondary N) is 2. The zero-order chi connectivity index (χ0) is 23.5. The Morgan fingerprint density at radius 1 is 1.25 bits per heavy atom. The number of amides is 4. The molecule has 0 aliphatic carbocycles. The van der Waals surface area contributed by atoms with E-state index < -0.39 is 34.9 Å². The first-order valence-corrected chi connectivity index (χ1v) is 10.0. The number of hydrogen-bond acceptors (Lipinski definition) is 6. The number of ether oxygens (including phenoxy) is 1. The zero-order valence-electron chi connectivity index (χ0n) is 17.4. The van der Waals surface area contributed by atoms with E-state index >= 15 is 0 Å². The highest BCUT2D eigenvalue weighted by Crippen LogP contribution is 2.28. The first-order valence-electron chi connectivity index (χ1n) is 9.64. The highest BCUT2D eigenvalue weighted by molar-refractivity contribution is 6.32. The molecule has 1 aliphatic rings. The first-order chi connectivity index (χ1) is 15.1. The van der Waals surface area contributed by atoms with Crippen molar-refractivity contribution in [2.75, 3.05) is 19.0 Å². The predicted octanol–water partition coefficient (Wildman–Crippen LogP) is 3.14. The normalized spacial score (nSPS) is 17.8. The second-order valence-corrected chi connectivity index (χ2v) is 7.88. The Kier molecular flexibility index (Phi) is 6.64. The highest BCUT2D eigenvalue weighted by Gasteiger charge is 2.47. The van der Waals surface area contributed by atoms with Crippen LogP contribution in [0.5, 0.6) is 5.75 Å². The van der Waals surface area contributed by atoms with Gasteiger partial charge in [0.15, 0.2) is 0 Å². The van der Waals surface area contributed by atoms with Crippen molar-refractivity contribution in [3.05, 3.63) is 63.2 Å². The number of aryl methyl sites for hydroxylation is 1. The number of carbonyl (C=O) groups is 3. The van der Waals surface area contributed by atoms with E-state index in [-0.39, 0.29) is 16.4 Å². The van der Waals surface area contributed by atoms with Crippen LogP contribution in [0.1, 0.15) is 18.9 Å². The Balaban J connectivity index is 1.62. The molecule has 1 aliphatic heterocycles. The third-order valence-corrected chi connectivity index (χ3v) is 5.47. The van der Waals surface area contributed by atoms with E-state index in [1.807, 2.05) is 24.3 Å². The summed E-state index contributed by atoms with van der Waals surface area (Å²) < 4.78 is 5.12. The third-order valence-electron chi connectivity index (χ3n) is 5.15. The molecule has 2 aromatic rings. The van der Waals surface area contributed by atoms with Crippen LogP contribution in [-0.2, 0) is 16.0 Å². The van der Waals surface area contributed by atoms with Crippen molar-refractivity contribution in [3.8, 4) is 5.75 Å². The molecule has 168 valence electrons. The van der Waals surface area contributed by atoms with Crippen LogP contribution in [0.4, 0.5) is 16.2 Å². The number of halogens is 1. The molecule has 3 rings (SSSR count). The number of anilines is 1. The summed E-state index contributed by atoms with van der Waals surface area (Å²) >= 11 is 5.76. The van der Waals surface area contributed by atoms with Gasteiger partial charge in [-0.15, -0.1) is 0 Å². The molecule has 4 amide bonds. The van der Waals surface area contributed by atoms with Crippen LogP contribution in [0.15, 0.2) is 42.5 Å². The van der Waals surface area contributed by atoms with E-state index in [0.717, 1.165) is 16.5 Å². The largest absolute Gasteiger partial charge is 0.497 e. The molecule has 1 heterocycles. The molecular formula is C21H21ClN4O6. The number of hydrogen-bond donors (Lipinski definition) is 2. The van der Waals surface area contributed by atoms with Gasteiger partial charge in [0, 0.05) is 11.8 Å². The van der Waals surface area contributed by atoms with Gasteiger partial charge < -0.3 is 15.4 Å². The lowest BCUT2D eigenvalue weighted by Crippen LogP contribution is -2.45. The molecule has 1 fully saturated rings. The first kappa shape index (κ1) is 23.0. The van der Waals surface area contributed by atoms with Gasteiger partial charge in [0.05, 0.1) is 12.0 Å². The van der Waals surface area contributed by atoms with E-state index in [2.05, 4.69) is 10.6 Å². The molecule has 0 spiro atoms. The maximum Gasteiger partial charge on any atom is 0.325 e. The Hall–Kier alpha value is -3.66. The molecule has 1 unspecified atom stereocenters. The van der Waals surface area contributed by atoms with Gasteiger partial charge in [-0.05, 0) is 49.6 Å². The lowest BCUT2D eigenvalue weighted by molar-refractivity contribution is -0.384. The molecule has 10 nitrogen and oxygen atoms in total. The summed E-state index contributed by atoms with van der Waals surface area (Å²) in [6, 6.07) is 10.5. The van der Waals surface area contributed by atoms with E-state index in [4.69, 9.17) is 16.3 Å².